The zero-order valence-corrected chi connectivity index (χ0v) is 24.6. The molecule has 0 unspecified atom stereocenters. The number of benzene rings is 1. The Morgan fingerprint density at radius 1 is 0.976 bits per heavy atom. The normalized spacial score (nSPS) is 21.9. The van der Waals surface area contributed by atoms with Gasteiger partial charge >= 0.3 is 0 Å². The molecule has 220 valence electrons. The highest BCUT2D eigenvalue weighted by Gasteiger charge is 2.49. The molecule has 2 spiro atoms. The molecule has 10 nitrogen and oxygen atoms in total. The van der Waals surface area contributed by atoms with E-state index >= 15 is 0 Å². The van der Waals surface area contributed by atoms with E-state index in [4.69, 9.17) is 10.1 Å². The average molecular weight is 581 g/mol. The minimum atomic E-state index is -3.69. The zero-order chi connectivity index (χ0) is 28.4. The lowest BCUT2D eigenvalue weighted by Crippen LogP contribution is -2.36. The van der Waals surface area contributed by atoms with Gasteiger partial charge in [-0.25, -0.2) is 13.4 Å². The summed E-state index contributed by atoms with van der Waals surface area (Å²) in [5.41, 5.74) is 4.94. The quantitative estimate of drug-likeness (QED) is 0.435. The number of carbonyl (C=O) groups excluding carboxylic acids is 1. The van der Waals surface area contributed by atoms with Crippen LogP contribution in [0.25, 0.3) is 0 Å². The summed E-state index contributed by atoms with van der Waals surface area (Å²) in [7, 11) is -1.57. The van der Waals surface area contributed by atoms with Crippen LogP contribution in [-0.2, 0) is 16.4 Å². The van der Waals surface area contributed by atoms with E-state index in [1.54, 1.807) is 18.2 Å². The number of hydrogen-bond acceptors (Lipinski definition) is 8. The van der Waals surface area contributed by atoms with Crippen molar-refractivity contribution in [3.63, 3.8) is 0 Å². The number of nitrogens with zero attached hydrogens (tertiary/aromatic N) is 4. The number of fused-ring (bicyclic) bond motifs is 1. The maximum Gasteiger partial charge on any atom is 0.258 e. The summed E-state index contributed by atoms with van der Waals surface area (Å²) in [4.78, 5) is 25.8. The van der Waals surface area contributed by atoms with Crippen LogP contribution in [0.5, 0.6) is 0 Å². The van der Waals surface area contributed by atoms with Gasteiger partial charge in [0, 0.05) is 39.8 Å². The molecule has 1 aromatic heterocycles. The van der Waals surface area contributed by atoms with Crippen molar-refractivity contribution in [2.75, 3.05) is 76.9 Å². The van der Waals surface area contributed by atoms with Crippen LogP contribution in [0, 0.1) is 10.8 Å². The number of pyridine rings is 1. The van der Waals surface area contributed by atoms with Crippen LogP contribution in [0.3, 0.4) is 0 Å². The highest BCUT2D eigenvalue weighted by Crippen LogP contribution is 2.55. The van der Waals surface area contributed by atoms with Gasteiger partial charge in [0.05, 0.1) is 35.0 Å². The highest BCUT2D eigenvalue weighted by atomic mass is 32.2. The number of aliphatic hydroxyl groups is 1. The van der Waals surface area contributed by atoms with Gasteiger partial charge in [-0.05, 0) is 92.0 Å². The fraction of sp³-hybridized carbons (Fsp3) is 0.600. The lowest BCUT2D eigenvalue weighted by atomic mass is 9.93. The Bertz CT molecular complexity index is 1480. The molecule has 4 heterocycles. The minimum absolute atomic E-state index is 0.249. The van der Waals surface area contributed by atoms with Crippen LogP contribution in [0.1, 0.15) is 60.9 Å². The van der Waals surface area contributed by atoms with Gasteiger partial charge in [0.2, 0.25) is 10.0 Å². The van der Waals surface area contributed by atoms with Crippen LogP contribution >= 0.6 is 0 Å². The molecule has 0 radical (unpaired) electrons. The maximum atomic E-state index is 13.9. The van der Waals surface area contributed by atoms with Gasteiger partial charge in [0.1, 0.15) is 5.82 Å². The number of rotatable bonds is 8. The van der Waals surface area contributed by atoms with E-state index in [-0.39, 0.29) is 11.7 Å². The fourth-order valence-corrected chi connectivity index (χ4v) is 7.88. The first-order valence-corrected chi connectivity index (χ1v) is 16.6. The number of amides is 1. The van der Waals surface area contributed by atoms with E-state index in [1.807, 2.05) is 6.07 Å². The first-order valence-electron chi connectivity index (χ1n) is 15.0. The molecule has 2 aromatic rings. The summed E-state index contributed by atoms with van der Waals surface area (Å²) in [6.45, 7) is 4.18. The van der Waals surface area contributed by atoms with Crippen molar-refractivity contribution in [2.45, 2.75) is 51.4 Å². The second-order valence-electron chi connectivity index (χ2n) is 13.0. The Morgan fingerprint density at radius 3 is 2.37 bits per heavy atom. The molecular formula is C30H40N6O4S. The van der Waals surface area contributed by atoms with Gasteiger partial charge in [0.15, 0.2) is 5.82 Å². The lowest BCUT2D eigenvalue weighted by molar-refractivity contribution is 0.102. The number of likely N-dealkylation sites (N-methyl/N-ethyl adjacent to an activating group) is 1. The molecule has 1 aromatic carbocycles. The van der Waals surface area contributed by atoms with E-state index in [9.17, 15) is 13.2 Å². The summed E-state index contributed by atoms with van der Waals surface area (Å²) in [5, 5.41) is 12.3. The van der Waals surface area contributed by atoms with E-state index < -0.39 is 16.6 Å². The van der Waals surface area contributed by atoms with Crippen molar-refractivity contribution < 1.29 is 18.3 Å². The molecule has 2 aliphatic carbocycles. The minimum Gasteiger partial charge on any atom is -0.395 e. The van der Waals surface area contributed by atoms with Crippen molar-refractivity contribution in [1.29, 1.82) is 0 Å². The Hall–Kier alpha value is -3.05. The van der Waals surface area contributed by atoms with Crippen LogP contribution in [0.15, 0.2) is 24.3 Å². The predicted molar refractivity (Wildman–Crippen MR) is 162 cm³/mol. The summed E-state index contributed by atoms with van der Waals surface area (Å²) in [5.74, 6) is 0.906. The van der Waals surface area contributed by atoms with Gasteiger partial charge in [-0.2, -0.15) is 0 Å². The Labute approximate surface area is 242 Å². The Morgan fingerprint density at radius 2 is 1.68 bits per heavy atom. The number of anilines is 5. The van der Waals surface area contributed by atoms with Crippen molar-refractivity contribution >= 4 is 44.6 Å². The molecule has 7 rings (SSSR count). The van der Waals surface area contributed by atoms with Crippen molar-refractivity contribution in [3.8, 4) is 0 Å². The first kappa shape index (κ1) is 26.8. The molecule has 2 saturated carbocycles. The van der Waals surface area contributed by atoms with Crippen molar-refractivity contribution in [1.82, 2.24) is 4.98 Å². The number of aliphatic hydroxyl groups excluding tert-OH is 1. The number of nitrogens with one attached hydrogen (secondary N) is 2. The molecule has 2 saturated heterocycles. The summed E-state index contributed by atoms with van der Waals surface area (Å²) in [6, 6.07) is 7.08. The number of carbonyl (C=O) groups is 1. The van der Waals surface area contributed by atoms with Crippen LogP contribution in [-0.4, -0.2) is 76.5 Å². The second kappa shape index (κ2) is 9.76. The second-order valence-corrected chi connectivity index (χ2v) is 14.8. The monoisotopic (exact) mass is 580 g/mol. The molecular weight excluding hydrogens is 540 g/mol. The fourth-order valence-electron chi connectivity index (χ4n) is 7.05. The van der Waals surface area contributed by atoms with E-state index in [1.165, 1.54) is 43.4 Å². The molecule has 11 heteroatoms. The largest absolute Gasteiger partial charge is 0.395 e. The Balaban J connectivity index is 1.18. The van der Waals surface area contributed by atoms with E-state index in [0.29, 0.717) is 27.9 Å². The molecule has 41 heavy (non-hydrogen) atoms. The highest BCUT2D eigenvalue weighted by molar-refractivity contribution is 7.92. The summed E-state index contributed by atoms with van der Waals surface area (Å²) < 4.78 is 27.3. The van der Waals surface area contributed by atoms with Crippen molar-refractivity contribution in [3.05, 3.63) is 35.4 Å². The van der Waals surface area contributed by atoms with E-state index in [2.05, 4.69) is 31.8 Å². The smallest absolute Gasteiger partial charge is 0.258 e. The third-order valence-corrected chi connectivity index (χ3v) is 11.4. The number of sulfonamides is 1. The van der Waals surface area contributed by atoms with Crippen molar-refractivity contribution in [2.24, 2.45) is 10.8 Å². The first-order chi connectivity index (χ1) is 19.7. The molecule has 4 fully saturated rings. The molecule has 5 aliphatic rings. The van der Waals surface area contributed by atoms with Gasteiger partial charge < -0.3 is 25.1 Å². The third-order valence-electron chi connectivity index (χ3n) is 10.1. The average Bonchev–Trinajstić information content (AvgIpc) is 3.79. The zero-order valence-electron chi connectivity index (χ0n) is 23.8. The van der Waals surface area contributed by atoms with Crippen LogP contribution < -0.4 is 24.7 Å². The predicted octanol–water partition coefficient (Wildman–Crippen LogP) is 3.43. The Kier molecular flexibility index (Phi) is 6.39. The van der Waals surface area contributed by atoms with Gasteiger partial charge in [-0.1, -0.05) is 0 Å². The molecule has 3 N–H and O–H groups in total. The third kappa shape index (κ3) is 5.22. The van der Waals surface area contributed by atoms with E-state index in [0.717, 1.165) is 63.5 Å². The van der Waals surface area contributed by atoms with Crippen LogP contribution in [0.2, 0.25) is 0 Å². The van der Waals surface area contributed by atoms with Gasteiger partial charge in [0.25, 0.3) is 5.91 Å². The number of piperidine rings is 1. The lowest BCUT2D eigenvalue weighted by Gasteiger charge is -2.35. The molecule has 0 atom stereocenters. The van der Waals surface area contributed by atoms with Gasteiger partial charge in [-0.15, -0.1) is 0 Å². The van der Waals surface area contributed by atoms with Crippen LogP contribution in [0.4, 0.5) is 28.7 Å². The summed E-state index contributed by atoms with van der Waals surface area (Å²) >= 11 is 0. The SMILES string of the molecule is CN1CCc2cc(NC(=O)c3ccc(NS(=O)(=O)CCO)cc3N3CCC4(CC3)CC4)nc(N3CCC4(CC4)C3)c21. The maximum absolute atomic E-state index is 13.9. The van der Waals surface area contributed by atoms with Gasteiger partial charge in [-0.3, -0.25) is 9.52 Å². The molecule has 3 aliphatic heterocycles. The number of aromatic nitrogens is 1. The topological polar surface area (TPSA) is 118 Å². The standard InChI is InChI=1S/C30H40N6O4S/c1-34-12-4-21-18-25(31-27(26(21)34)36-15-11-30(20-36)7-8-30)32-28(38)23-3-2-22(33-41(39,40)17-16-37)19-24(23)35-13-9-29(5-6-29)10-14-35/h2-3,18-19,33,37H,4-17,20H2,1H3,(H,31,32,38). The molecule has 1 amide bonds. The summed E-state index contributed by atoms with van der Waals surface area (Å²) in [6.07, 6.45) is 9.42. The number of hydrogen-bond donors (Lipinski definition) is 3. The molecule has 0 bridgehead atoms.